The number of nitrogens with zero attached hydrogens (tertiary/aromatic N) is 1. The van der Waals surface area contributed by atoms with E-state index in [0.29, 0.717) is 12.0 Å². The fraction of sp³-hybridized carbons (Fsp3) is 0.222. The molecule has 1 rings (SSSR count). The first-order valence-electron chi connectivity index (χ1n) is 3.41. The summed E-state index contributed by atoms with van der Waals surface area (Å²) in [5, 5.41) is 0. The van der Waals surface area contributed by atoms with Crippen molar-refractivity contribution in [2.75, 3.05) is 0 Å². The van der Waals surface area contributed by atoms with E-state index in [4.69, 9.17) is 6.42 Å². The molecule has 1 heterocycles. The van der Waals surface area contributed by atoms with E-state index in [2.05, 4.69) is 5.92 Å². The Labute approximate surface area is 65.8 Å². The van der Waals surface area contributed by atoms with Gasteiger partial charge in [0.05, 0.1) is 0 Å². The van der Waals surface area contributed by atoms with Crippen LogP contribution >= 0.6 is 0 Å². The third-order valence-electron chi connectivity index (χ3n) is 1.42. The number of terminal acetylenes is 1. The second-order valence-corrected chi connectivity index (χ2v) is 2.25. The van der Waals surface area contributed by atoms with E-state index in [1.54, 1.807) is 12.3 Å². The van der Waals surface area contributed by atoms with Gasteiger partial charge in [0.1, 0.15) is 0 Å². The first kappa shape index (κ1) is 7.62. The molecule has 56 valence electrons. The molecule has 0 N–H and O–H groups in total. The zero-order valence-corrected chi connectivity index (χ0v) is 6.16. The summed E-state index contributed by atoms with van der Waals surface area (Å²) < 4.78 is 1.91. The summed E-state index contributed by atoms with van der Waals surface area (Å²) in [6.45, 7) is 0.782. The zero-order chi connectivity index (χ0) is 8.10. The minimum atomic E-state index is 0.696. The Kier molecular flexibility index (Phi) is 2.51. The number of carbonyl (C=O) groups is 1. The molecule has 2 heteroatoms. The van der Waals surface area contributed by atoms with Crippen molar-refractivity contribution in [2.24, 2.45) is 0 Å². The maximum Gasteiger partial charge on any atom is 0.151 e. The molecule has 2 nitrogen and oxygen atoms in total. The summed E-state index contributed by atoms with van der Waals surface area (Å²) in [5.41, 5.74) is 0.696. The lowest BCUT2D eigenvalue weighted by molar-refractivity contribution is 0.112. The van der Waals surface area contributed by atoms with Crippen LogP contribution in [0.15, 0.2) is 18.5 Å². The third kappa shape index (κ3) is 1.98. The van der Waals surface area contributed by atoms with Crippen molar-refractivity contribution in [3.8, 4) is 12.3 Å². The average Bonchev–Trinajstić information content (AvgIpc) is 2.48. The standard InChI is InChI=1S/C9H9NO/c1-2-3-5-10-6-4-9(7-10)8-11/h1,4,6-8H,3,5H2. The van der Waals surface area contributed by atoms with Gasteiger partial charge in [0, 0.05) is 30.9 Å². The van der Waals surface area contributed by atoms with Gasteiger partial charge >= 0.3 is 0 Å². The van der Waals surface area contributed by atoms with Gasteiger partial charge in [-0.3, -0.25) is 4.79 Å². The highest BCUT2D eigenvalue weighted by molar-refractivity contribution is 5.74. The second kappa shape index (κ2) is 3.62. The molecular weight excluding hydrogens is 138 g/mol. The van der Waals surface area contributed by atoms with Crippen LogP contribution in [0.2, 0.25) is 0 Å². The normalized spacial score (nSPS) is 9.00. The van der Waals surface area contributed by atoms with Gasteiger partial charge in [0.2, 0.25) is 0 Å². The number of hydrogen-bond acceptors (Lipinski definition) is 1. The molecule has 0 aromatic carbocycles. The van der Waals surface area contributed by atoms with E-state index < -0.39 is 0 Å². The molecule has 0 atom stereocenters. The van der Waals surface area contributed by atoms with E-state index in [-0.39, 0.29) is 0 Å². The van der Waals surface area contributed by atoms with Gasteiger partial charge in [-0.05, 0) is 6.07 Å². The van der Waals surface area contributed by atoms with Crippen LogP contribution in [-0.2, 0) is 6.54 Å². The van der Waals surface area contributed by atoms with Crippen LogP contribution in [0.4, 0.5) is 0 Å². The molecule has 0 aliphatic carbocycles. The van der Waals surface area contributed by atoms with Crippen molar-refractivity contribution in [3.63, 3.8) is 0 Å². The molecule has 0 bridgehead atoms. The monoisotopic (exact) mass is 147 g/mol. The van der Waals surface area contributed by atoms with Crippen LogP contribution in [-0.4, -0.2) is 10.9 Å². The summed E-state index contributed by atoms with van der Waals surface area (Å²) >= 11 is 0. The number of aldehydes is 1. The summed E-state index contributed by atoms with van der Waals surface area (Å²) in [6, 6.07) is 1.77. The molecule has 11 heavy (non-hydrogen) atoms. The summed E-state index contributed by atoms with van der Waals surface area (Å²) in [5.74, 6) is 2.53. The van der Waals surface area contributed by atoms with E-state index in [1.165, 1.54) is 0 Å². The Morgan fingerprint density at radius 2 is 2.55 bits per heavy atom. The maximum absolute atomic E-state index is 10.2. The second-order valence-electron chi connectivity index (χ2n) is 2.25. The van der Waals surface area contributed by atoms with Crippen LogP contribution in [0.25, 0.3) is 0 Å². The molecule has 0 aliphatic heterocycles. The molecule has 1 aromatic rings. The molecular formula is C9H9NO. The summed E-state index contributed by atoms with van der Waals surface area (Å²) in [6.07, 6.45) is 10.2. The molecule has 0 fully saturated rings. The van der Waals surface area contributed by atoms with E-state index >= 15 is 0 Å². The highest BCUT2D eigenvalue weighted by Gasteiger charge is 1.92. The van der Waals surface area contributed by atoms with Crippen molar-refractivity contribution in [1.29, 1.82) is 0 Å². The van der Waals surface area contributed by atoms with Crippen molar-refractivity contribution in [1.82, 2.24) is 4.57 Å². The lowest BCUT2D eigenvalue weighted by atomic mass is 10.4. The van der Waals surface area contributed by atoms with Gasteiger partial charge in [0.15, 0.2) is 6.29 Å². The molecule has 1 aromatic heterocycles. The predicted molar refractivity (Wildman–Crippen MR) is 43.3 cm³/mol. The SMILES string of the molecule is C#CCCn1ccc(C=O)c1. The lowest BCUT2D eigenvalue weighted by Gasteiger charge is -1.95. The van der Waals surface area contributed by atoms with Crippen LogP contribution < -0.4 is 0 Å². The smallest absolute Gasteiger partial charge is 0.151 e. The van der Waals surface area contributed by atoms with E-state index in [1.807, 2.05) is 10.8 Å². The molecule has 0 aliphatic rings. The number of aromatic nitrogens is 1. The quantitative estimate of drug-likeness (QED) is 0.467. The van der Waals surface area contributed by atoms with Crippen molar-refractivity contribution >= 4 is 6.29 Å². The minimum absolute atomic E-state index is 0.696. The van der Waals surface area contributed by atoms with Crippen molar-refractivity contribution < 1.29 is 4.79 Å². The first-order valence-corrected chi connectivity index (χ1v) is 3.41. The molecule has 0 saturated heterocycles. The average molecular weight is 147 g/mol. The van der Waals surface area contributed by atoms with Crippen molar-refractivity contribution in [2.45, 2.75) is 13.0 Å². The highest BCUT2D eigenvalue weighted by Crippen LogP contribution is 1.98. The van der Waals surface area contributed by atoms with Crippen LogP contribution in [0.5, 0.6) is 0 Å². The zero-order valence-electron chi connectivity index (χ0n) is 6.16. The van der Waals surface area contributed by atoms with Gasteiger partial charge in [-0.25, -0.2) is 0 Å². The maximum atomic E-state index is 10.2. The minimum Gasteiger partial charge on any atom is -0.353 e. The Morgan fingerprint density at radius 1 is 1.73 bits per heavy atom. The lowest BCUT2D eigenvalue weighted by Crippen LogP contribution is -1.91. The Morgan fingerprint density at radius 3 is 3.09 bits per heavy atom. The number of aryl methyl sites for hydroxylation is 1. The summed E-state index contributed by atoms with van der Waals surface area (Å²) in [7, 11) is 0. The molecule has 0 amide bonds. The Bertz CT molecular complexity index is 280. The number of hydrogen-bond donors (Lipinski definition) is 0. The van der Waals surface area contributed by atoms with Gasteiger partial charge in [-0.15, -0.1) is 12.3 Å². The fourth-order valence-corrected chi connectivity index (χ4v) is 0.862. The first-order chi connectivity index (χ1) is 5.36. The molecule has 0 radical (unpaired) electrons. The summed E-state index contributed by atoms with van der Waals surface area (Å²) in [4.78, 5) is 10.2. The topological polar surface area (TPSA) is 22.0 Å². The van der Waals surface area contributed by atoms with Gasteiger partial charge in [-0.2, -0.15) is 0 Å². The number of rotatable bonds is 3. The van der Waals surface area contributed by atoms with Crippen LogP contribution in [0, 0.1) is 12.3 Å². The van der Waals surface area contributed by atoms with Crippen molar-refractivity contribution in [3.05, 3.63) is 24.0 Å². The molecule has 0 spiro atoms. The van der Waals surface area contributed by atoms with Gasteiger partial charge in [0.25, 0.3) is 0 Å². The van der Waals surface area contributed by atoms with Crippen LogP contribution in [0.1, 0.15) is 16.8 Å². The van der Waals surface area contributed by atoms with E-state index in [9.17, 15) is 4.79 Å². The van der Waals surface area contributed by atoms with Gasteiger partial charge in [-0.1, -0.05) is 0 Å². The Hall–Kier alpha value is -1.49. The van der Waals surface area contributed by atoms with E-state index in [0.717, 1.165) is 12.8 Å². The Balaban J connectivity index is 2.59. The highest BCUT2D eigenvalue weighted by atomic mass is 16.1. The molecule has 0 saturated carbocycles. The van der Waals surface area contributed by atoms with Crippen LogP contribution in [0.3, 0.4) is 0 Å². The van der Waals surface area contributed by atoms with Gasteiger partial charge < -0.3 is 4.57 Å². The largest absolute Gasteiger partial charge is 0.353 e. The molecule has 0 unspecified atom stereocenters. The fourth-order valence-electron chi connectivity index (χ4n) is 0.862. The third-order valence-corrected chi connectivity index (χ3v) is 1.42. The predicted octanol–water partition coefficient (Wildman–Crippen LogP) is 1.32. The number of carbonyl (C=O) groups excluding carboxylic acids is 1.